The van der Waals surface area contributed by atoms with Crippen molar-refractivity contribution in [3.8, 4) is 11.5 Å². The molecule has 2 rings (SSSR count). The van der Waals surface area contributed by atoms with Crippen molar-refractivity contribution in [2.24, 2.45) is 0 Å². The van der Waals surface area contributed by atoms with Crippen molar-refractivity contribution in [1.82, 2.24) is 5.32 Å². The van der Waals surface area contributed by atoms with Crippen LogP contribution in [0, 0.1) is 0 Å². The summed E-state index contributed by atoms with van der Waals surface area (Å²) in [7, 11) is 3.63. The number of rotatable bonds is 7. The first kappa shape index (κ1) is 15.4. The molecular weight excluding hydrogens is 262 g/mol. The first-order valence-corrected chi connectivity index (χ1v) is 7.31. The Bertz CT molecular complexity index is 542. The lowest BCUT2D eigenvalue weighted by atomic mass is 9.99. The fourth-order valence-electron chi connectivity index (χ4n) is 2.46. The molecule has 0 amide bonds. The van der Waals surface area contributed by atoms with E-state index in [2.05, 4.69) is 36.5 Å². The summed E-state index contributed by atoms with van der Waals surface area (Å²) in [5, 5.41) is 3.36. The van der Waals surface area contributed by atoms with Crippen LogP contribution in [0.15, 0.2) is 54.6 Å². The lowest BCUT2D eigenvalue weighted by Crippen LogP contribution is -2.33. The van der Waals surface area contributed by atoms with Crippen LogP contribution in [0.4, 0.5) is 0 Å². The Morgan fingerprint density at radius 1 is 1.00 bits per heavy atom. The van der Waals surface area contributed by atoms with Crippen molar-refractivity contribution in [2.45, 2.75) is 25.5 Å². The quantitative estimate of drug-likeness (QED) is 0.839. The number of nitrogens with one attached hydrogen (secondary N) is 1. The third-order valence-corrected chi connectivity index (χ3v) is 3.57. The summed E-state index contributed by atoms with van der Waals surface area (Å²) >= 11 is 0. The molecule has 2 unspecified atom stereocenters. The van der Waals surface area contributed by atoms with Crippen LogP contribution in [0.5, 0.6) is 11.5 Å². The maximum absolute atomic E-state index is 6.17. The molecule has 0 aliphatic carbocycles. The van der Waals surface area contributed by atoms with Crippen LogP contribution in [0.2, 0.25) is 0 Å². The largest absolute Gasteiger partial charge is 0.497 e. The van der Waals surface area contributed by atoms with Gasteiger partial charge in [-0.1, -0.05) is 43.3 Å². The Balaban J connectivity index is 2.17. The summed E-state index contributed by atoms with van der Waals surface area (Å²) in [6.07, 6.45) is 0.974. The molecule has 2 atom stereocenters. The van der Waals surface area contributed by atoms with Crippen LogP contribution in [0.25, 0.3) is 0 Å². The number of benzene rings is 2. The SMILES string of the molecule is CCC(Oc1cccc(OC)c1)C(NC)c1ccccc1. The standard InChI is InChI=1S/C18H23NO2/c1-4-17(18(19-2)14-9-6-5-7-10-14)21-16-12-8-11-15(13-16)20-3/h5-13,17-19H,4H2,1-3H3. The van der Waals surface area contributed by atoms with E-state index in [4.69, 9.17) is 9.47 Å². The van der Waals surface area contributed by atoms with Gasteiger partial charge in [0.05, 0.1) is 13.2 Å². The predicted octanol–water partition coefficient (Wildman–Crippen LogP) is 3.81. The molecule has 0 radical (unpaired) electrons. The lowest BCUT2D eigenvalue weighted by molar-refractivity contribution is 0.152. The Kier molecular flexibility index (Phi) is 5.64. The Morgan fingerprint density at radius 3 is 2.33 bits per heavy atom. The van der Waals surface area contributed by atoms with Gasteiger partial charge in [-0.2, -0.15) is 0 Å². The van der Waals surface area contributed by atoms with Crippen molar-refractivity contribution >= 4 is 0 Å². The predicted molar refractivity (Wildman–Crippen MR) is 85.9 cm³/mol. The number of likely N-dealkylation sites (N-methyl/N-ethyl adjacent to an activating group) is 1. The van der Waals surface area contributed by atoms with Crippen molar-refractivity contribution < 1.29 is 9.47 Å². The van der Waals surface area contributed by atoms with Gasteiger partial charge < -0.3 is 14.8 Å². The van der Waals surface area contributed by atoms with E-state index in [1.165, 1.54) is 5.56 Å². The smallest absolute Gasteiger partial charge is 0.123 e. The van der Waals surface area contributed by atoms with Crippen LogP contribution >= 0.6 is 0 Å². The summed E-state index contributed by atoms with van der Waals surface area (Å²) in [5.41, 5.74) is 1.23. The summed E-state index contributed by atoms with van der Waals surface area (Å²) in [4.78, 5) is 0. The van der Waals surface area contributed by atoms with Gasteiger partial charge in [0.15, 0.2) is 0 Å². The highest BCUT2D eigenvalue weighted by Crippen LogP contribution is 2.26. The van der Waals surface area contributed by atoms with Crippen molar-refractivity contribution in [3.63, 3.8) is 0 Å². The van der Waals surface area contributed by atoms with Crippen molar-refractivity contribution in [2.75, 3.05) is 14.2 Å². The molecule has 112 valence electrons. The molecule has 0 aromatic heterocycles. The maximum atomic E-state index is 6.17. The van der Waals surface area contributed by atoms with E-state index in [-0.39, 0.29) is 12.1 Å². The van der Waals surface area contributed by atoms with E-state index in [0.717, 1.165) is 17.9 Å². The summed E-state index contributed by atoms with van der Waals surface area (Å²) in [6, 6.07) is 18.3. The molecule has 0 heterocycles. The normalized spacial score (nSPS) is 13.5. The molecule has 0 saturated carbocycles. The van der Waals surface area contributed by atoms with Gasteiger partial charge in [0.1, 0.15) is 17.6 Å². The van der Waals surface area contributed by atoms with E-state index >= 15 is 0 Å². The molecule has 0 spiro atoms. The molecule has 0 saturated heterocycles. The minimum atomic E-state index is 0.0597. The van der Waals surface area contributed by atoms with Crippen molar-refractivity contribution in [1.29, 1.82) is 0 Å². The summed E-state index contributed by atoms with van der Waals surface area (Å²) in [5.74, 6) is 1.64. The minimum absolute atomic E-state index is 0.0597. The van der Waals surface area contributed by atoms with Crippen LogP contribution < -0.4 is 14.8 Å². The van der Waals surface area contributed by atoms with E-state index in [0.29, 0.717) is 0 Å². The monoisotopic (exact) mass is 285 g/mol. The van der Waals surface area contributed by atoms with Gasteiger partial charge in [-0.05, 0) is 31.2 Å². The van der Waals surface area contributed by atoms with E-state index < -0.39 is 0 Å². The summed E-state index contributed by atoms with van der Waals surface area (Å²) < 4.78 is 11.4. The zero-order chi connectivity index (χ0) is 15.1. The fraction of sp³-hybridized carbons (Fsp3) is 0.333. The van der Waals surface area contributed by atoms with Gasteiger partial charge in [-0.3, -0.25) is 0 Å². The van der Waals surface area contributed by atoms with E-state index in [1.54, 1.807) is 7.11 Å². The molecular formula is C18H23NO2. The second-order valence-electron chi connectivity index (χ2n) is 4.92. The van der Waals surface area contributed by atoms with Crippen LogP contribution in [0.1, 0.15) is 24.9 Å². The van der Waals surface area contributed by atoms with Crippen LogP contribution in [-0.2, 0) is 0 Å². The summed E-state index contributed by atoms with van der Waals surface area (Å²) in [6.45, 7) is 2.14. The highest BCUT2D eigenvalue weighted by molar-refractivity contribution is 5.33. The van der Waals surface area contributed by atoms with Crippen LogP contribution in [0.3, 0.4) is 0 Å². The maximum Gasteiger partial charge on any atom is 0.123 e. The molecule has 0 aliphatic rings. The molecule has 0 bridgehead atoms. The second-order valence-corrected chi connectivity index (χ2v) is 4.92. The van der Waals surface area contributed by atoms with Crippen molar-refractivity contribution in [3.05, 3.63) is 60.2 Å². The first-order chi connectivity index (χ1) is 10.3. The number of hydrogen-bond donors (Lipinski definition) is 1. The van der Waals surface area contributed by atoms with E-state index in [1.807, 2.05) is 37.4 Å². The molecule has 0 fully saturated rings. The molecule has 3 nitrogen and oxygen atoms in total. The minimum Gasteiger partial charge on any atom is -0.497 e. The van der Waals surface area contributed by atoms with Gasteiger partial charge in [0.25, 0.3) is 0 Å². The zero-order valence-corrected chi connectivity index (χ0v) is 12.9. The topological polar surface area (TPSA) is 30.5 Å². The fourth-order valence-corrected chi connectivity index (χ4v) is 2.46. The van der Waals surface area contributed by atoms with Gasteiger partial charge >= 0.3 is 0 Å². The molecule has 0 aliphatic heterocycles. The van der Waals surface area contributed by atoms with Crippen LogP contribution in [-0.4, -0.2) is 20.3 Å². The Labute approximate surface area is 126 Å². The van der Waals surface area contributed by atoms with Gasteiger partial charge in [-0.25, -0.2) is 0 Å². The Hall–Kier alpha value is -2.00. The molecule has 1 N–H and O–H groups in total. The molecule has 2 aromatic carbocycles. The third kappa shape index (κ3) is 3.99. The lowest BCUT2D eigenvalue weighted by Gasteiger charge is -2.27. The van der Waals surface area contributed by atoms with Gasteiger partial charge in [-0.15, -0.1) is 0 Å². The second kappa shape index (κ2) is 7.70. The highest BCUT2D eigenvalue weighted by atomic mass is 16.5. The molecule has 3 heteroatoms. The number of methoxy groups -OCH3 is 1. The first-order valence-electron chi connectivity index (χ1n) is 7.31. The highest BCUT2D eigenvalue weighted by Gasteiger charge is 2.22. The third-order valence-electron chi connectivity index (χ3n) is 3.57. The average Bonchev–Trinajstić information content (AvgIpc) is 2.55. The van der Waals surface area contributed by atoms with Gasteiger partial charge in [0, 0.05) is 6.07 Å². The molecule has 2 aromatic rings. The zero-order valence-electron chi connectivity index (χ0n) is 12.9. The van der Waals surface area contributed by atoms with Gasteiger partial charge in [0.2, 0.25) is 0 Å². The number of hydrogen-bond acceptors (Lipinski definition) is 3. The number of ether oxygens (including phenoxy) is 2. The Morgan fingerprint density at radius 2 is 1.71 bits per heavy atom. The van der Waals surface area contributed by atoms with E-state index in [9.17, 15) is 0 Å². The average molecular weight is 285 g/mol. The molecule has 21 heavy (non-hydrogen) atoms.